The van der Waals surface area contributed by atoms with Gasteiger partial charge >= 0.3 is 6.18 Å². The van der Waals surface area contributed by atoms with Crippen LogP contribution in [-0.4, -0.2) is 23.1 Å². The number of alkyl halides is 3. The predicted octanol–water partition coefficient (Wildman–Crippen LogP) is 6.76. The minimum absolute atomic E-state index is 0.0752. The van der Waals surface area contributed by atoms with E-state index in [2.05, 4.69) is 18.0 Å². The Balaban J connectivity index is 2.51. The van der Waals surface area contributed by atoms with E-state index in [9.17, 15) is 13.2 Å². The van der Waals surface area contributed by atoms with Crippen molar-refractivity contribution in [3.8, 4) is 10.4 Å². The lowest BCUT2D eigenvalue weighted by Crippen LogP contribution is -2.21. The van der Waals surface area contributed by atoms with Gasteiger partial charge in [0.2, 0.25) is 0 Å². The molecule has 0 fully saturated rings. The zero-order valence-corrected chi connectivity index (χ0v) is 18.5. The van der Waals surface area contributed by atoms with Gasteiger partial charge in [-0.05, 0) is 60.5 Å². The van der Waals surface area contributed by atoms with Crippen molar-refractivity contribution in [2.24, 2.45) is 5.73 Å². The highest BCUT2D eigenvalue weighted by Crippen LogP contribution is 2.33. The van der Waals surface area contributed by atoms with E-state index < -0.39 is 17.6 Å². The summed E-state index contributed by atoms with van der Waals surface area (Å²) >= 11 is 1.55. The van der Waals surface area contributed by atoms with Crippen molar-refractivity contribution >= 4 is 28.8 Å². The molecular weight excluding hydrogens is 421 g/mol. The number of nitrogens with two attached hydrogens (primary N) is 1. The Kier molecular flexibility index (Phi) is 8.74. The summed E-state index contributed by atoms with van der Waals surface area (Å²) in [7, 11) is 0. The summed E-state index contributed by atoms with van der Waals surface area (Å²) < 4.78 is 38.5. The molecule has 0 saturated carbocycles. The number of aromatic nitrogens is 1. The second kappa shape index (κ2) is 11.0. The number of hydrogen-bond acceptors (Lipinski definition) is 5. The van der Waals surface area contributed by atoms with Crippen LogP contribution in [0.2, 0.25) is 0 Å². The molecule has 0 aliphatic heterocycles. The number of allylic oxidation sites excluding steroid dienone is 4. The first kappa shape index (κ1) is 24.5. The van der Waals surface area contributed by atoms with Crippen LogP contribution in [0.5, 0.6) is 0 Å². The van der Waals surface area contributed by atoms with Crippen LogP contribution in [0.1, 0.15) is 56.5 Å². The average Bonchev–Trinajstić information content (AvgIpc) is 3.20. The smallest absolute Gasteiger partial charge is 0.395 e. The van der Waals surface area contributed by atoms with Gasteiger partial charge in [-0.3, -0.25) is 5.41 Å². The molecule has 2 aromatic rings. The molecule has 0 bridgehead atoms. The molecule has 8 heteroatoms. The van der Waals surface area contributed by atoms with Crippen LogP contribution in [0, 0.1) is 10.8 Å². The van der Waals surface area contributed by atoms with Gasteiger partial charge in [-0.1, -0.05) is 32.3 Å². The average molecular weight is 449 g/mol. The quantitative estimate of drug-likeness (QED) is 0.277. The van der Waals surface area contributed by atoms with Gasteiger partial charge in [-0.25, -0.2) is 4.98 Å². The number of hydrogen-bond donors (Lipinski definition) is 3. The summed E-state index contributed by atoms with van der Waals surface area (Å²) in [6.07, 6.45) is 4.14. The highest BCUT2D eigenvalue weighted by atomic mass is 32.1. The highest BCUT2D eigenvalue weighted by Gasteiger charge is 2.31. The monoisotopic (exact) mass is 448 g/mol. The third kappa shape index (κ3) is 6.62. The lowest BCUT2D eigenvalue weighted by molar-refractivity contribution is -0.0925. The summed E-state index contributed by atoms with van der Waals surface area (Å²) in [4.78, 5) is 5.33. The van der Waals surface area contributed by atoms with Crippen LogP contribution >= 0.6 is 11.3 Å². The highest BCUT2D eigenvalue weighted by molar-refractivity contribution is 7.13. The van der Waals surface area contributed by atoms with E-state index in [-0.39, 0.29) is 5.69 Å². The number of nitrogens with one attached hydrogen (secondary N) is 2. The molecule has 0 atom stereocenters. The SMILES string of the molecule is C/C=C(\C=N)c1cc(-c2sccc2CCCCCC)cc(C(=N)C=C(N)C(F)(F)F)n1. The molecule has 166 valence electrons. The van der Waals surface area contributed by atoms with E-state index in [0.29, 0.717) is 17.3 Å². The summed E-state index contributed by atoms with van der Waals surface area (Å²) in [5.41, 5.74) is 6.27. The molecule has 4 N–H and O–H groups in total. The zero-order chi connectivity index (χ0) is 23.0. The minimum Gasteiger partial charge on any atom is -0.395 e. The van der Waals surface area contributed by atoms with Gasteiger partial charge in [0.25, 0.3) is 0 Å². The van der Waals surface area contributed by atoms with Gasteiger partial charge in [-0.15, -0.1) is 11.3 Å². The first-order chi connectivity index (χ1) is 14.7. The van der Waals surface area contributed by atoms with Crippen LogP contribution in [-0.2, 0) is 6.42 Å². The Labute approximate surface area is 184 Å². The van der Waals surface area contributed by atoms with E-state index in [1.807, 2.05) is 11.4 Å². The normalized spacial score (nSPS) is 12.8. The molecule has 0 amide bonds. The number of rotatable bonds is 10. The van der Waals surface area contributed by atoms with Crippen LogP contribution < -0.4 is 5.73 Å². The molecular formula is C23H27F3N4S. The fourth-order valence-electron chi connectivity index (χ4n) is 3.09. The minimum atomic E-state index is -4.71. The van der Waals surface area contributed by atoms with Crippen LogP contribution in [0.4, 0.5) is 13.2 Å². The van der Waals surface area contributed by atoms with Crippen molar-refractivity contribution in [3.63, 3.8) is 0 Å². The topological polar surface area (TPSA) is 86.6 Å². The first-order valence-electron chi connectivity index (χ1n) is 10.1. The zero-order valence-electron chi connectivity index (χ0n) is 17.6. The number of aryl methyl sites for hydroxylation is 1. The van der Waals surface area contributed by atoms with Gasteiger partial charge in [0.1, 0.15) is 5.70 Å². The number of halogens is 3. The maximum absolute atomic E-state index is 12.8. The van der Waals surface area contributed by atoms with E-state index in [0.717, 1.165) is 47.9 Å². The molecule has 31 heavy (non-hydrogen) atoms. The third-order valence-electron chi connectivity index (χ3n) is 4.80. The van der Waals surface area contributed by atoms with Crippen molar-refractivity contribution in [2.45, 2.75) is 52.1 Å². The number of thiophene rings is 1. The van der Waals surface area contributed by atoms with Crippen molar-refractivity contribution in [3.05, 3.63) is 58.4 Å². The molecule has 2 rings (SSSR count). The van der Waals surface area contributed by atoms with E-state index in [1.165, 1.54) is 6.42 Å². The molecule has 2 heterocycles. The summed E-state index contributed by atoms with van der Waals surface area (Å²) in [6, 6.07) is 5.49. The van der Waals surface area contributed by atoms with Crippen molar-refractivity contribution < 1.29 is 13.2 Å². The lowest BCUT2D eigenvalue weighted by atomic mass is 10.0. The lowest BCUT2D eigenvalue weighted by Gasteiger charge is -2.11. The Bertz CT molecular complexity index is 987. The van der Waals surface area contributed by atoms with Crippen LogP contribution in [0.15, 0.2) is 41.4 Å². The number of nitrogens with zero attached hydrogens (tertiary/aromatic N) is 1. The largest absolute Gasteiger partial charge is 0.430 e. The van der Waals surface area contributed by atoms with Gasteiger partial charge in [0.05, 0.1) is 17.1 Å². The van der Waals surface area contributed by atoms with Crippen LogP contribution in [0.25, 0.3) is 16.0 Å². The third-order valence-corrected chi connectivity index (χ3v) is 5.81. The number of pyridine rings is 1. The molecule has 0 aromatic carbocycles. The molecule has 0 unspecified atom stereocenters. The van der Waals surface area contributed by atoms with Gasteiger partial charge < -0.3 is 11.1 Å². The molecule has 4 nitrogen and oxygen atoms in total. The molecule has 0 aliphatic rings. The predicted molar refractivity (Wildman–Crippen MR) is 123 cm³/mol. The van der Waals surface area contributed by atoms with Crippen molar-refractivity contribution in [1.82, 2.24) is 4.98 Å². The van der Waals surface area contributed by atoms with E-state index in [1.54, 1.807) is 30.4 Å². The first-order valence-corrected chi connectivity index (χ1v) is 11.0. The second-order valence-electron chi connectivity index (χ2n) is 7.11. The molecule has 0 saturated heterocycles. The van der Waals surface area contributed by atoms with E-state index in [4.69, 9.17) is 16.6 Å². The fourth-order valence-corrected chi connectivity index (χ4v) is 4.04. The molecule has 2 aromatic heterocycles. The van der Waals surface area contributed by atoms with Crippen molar-refractivity contribution in [2.75, 3.05) is 0 Å². The van der Waals surface area contributed by atoms with Gasteiger partial charge in [-0.2, -0.15) is 13.2 Å². The maximum atomic E-state index is 12.8. The molecule has 0 aliphatic carbocycles. The van der Waals surface area contributed by atoms with Crippen LogP contribution in [0.3, 0.4) is 0 Å². The Morgan fingerprint density at radius 3 is 2.52 bits per heavy atom. The Morgan fingerprint density at radius 1 is 1.19 bits per heavy atom. The molecule has 0 spiro atoms. The summed E-state index contributed by atoms with van der Waals surface area (Å²) in [5.74, 6) is 0. The fraction of sp³-hybridized carbons (Fsp3) is 0.348. The molecule has 0 radical (unpaired) electrons. The Hall–Kier alpha value is -2.74. The Morgan fingerprint density at radius 2 is 1.90 bits per heavy atom. The second-order valence-corrected chi connectivity index (χ2v) is 8.03. The van der Waals surface area contributed by atoms with E-state index >= 15 is 0 Å². The summed E-state index contributed by atoms with van der Waals surface area (Å²) in [6.45, 7) is 3.92. The van der Waals surface area contributed by atoms with Gasteiger partial charge in [0.15, 0.2) is 0 Å². The van der Waals surface area contributed by atoms with Gasteiger partial charge in [0, 0.05) is 16.7 Å². The van der Waals surface area contributed by atoms with Crippen molar-refractivity contribution in [1.29, 1.82) is 10.8 Å². The maximum Gasteiger partial charge on any atom is 0.430 e. The number of unbranched alkanes of at least 4 members (excludes halogenated alkanes) is 3. The summed E-state index contributed by atoms with van der Waals surface area (Å²) in [5, 5.41) is 17.7. The standard InChI is InChI=1S/C23H27F3N4S/c1-3-5-6-7-8-16-9-10-31-22(16)17-11-19(15(4-2)14-27)30-20(12-17)18(28)13-21(29)23(24,25)26/h4,9-14,27-28H,3,5-8,29H2,1-2H3/b15-4+,21-13?,27-14?,28-18?.